The highest BCUT2D eigenvalue weighted by Gasteiger charge is 2.21. The van der Waals surface area contributed by atoms with E-state index in [4.69, 9.17) is 4.52 Å². The Hall–Kier alpha value is -2.99. The molecule has 0 aliphatic rings. The third kappa shape index (κ3) is 2.29. The fraction of sp³-hybridized carbons (Fsp3) is 0. The fourth-order valence-corrected chi connectivity index (χ4v) is 3.15. The monoisotopic (exact) mass is 322 g/mol. The van der Waals surface area contributed by atoms with Crippen LogP contribution in [0.2, 0.25) is 0 Å². The van der Waals surface area contributed by atoms with Gasteiger partial charge in [-0.1, -0.05) is 41.6 Å². The van der Waals surface area contributed by atoms with Crippen molar-refractivity contribution in [3.63, 3.8) is 0 Å². The molecular formula is C17H10N2O3S. The number of pyridine rings is 1. The van der Waals surface area contributed by atoms with Gasteiger partial charge in [-0.2, -0.15) is 0 Å². The molecule has 3 aromatic heterocycles. The van der Waals surface area contributed by atoms with E-state index in [9.17, 15) is 9.90 Å². The van der Waals surface area contributed by atoms with E-state index in [1.807, 2.05) is 47.8 Å². The molecule has 0 unspecified atom stereocenters. The van der Waals surface area contributed by atoms with Gasteiger partial charge in [0.1, 0.15) is 5.69 Å². The second-order valence-corrected chi connectivity index (χ2v) is 5.86. The summed E-state index contributed by atoms with van der Waals surface area (Å²) in [7, 11) is 0. The average Bonchev–Trinajstić information content (AvgIpc) is 3.24. The van der Waals surface area contributed by atoms with Crippen molar-refractivity contribution in [1.29, 1.82) is 0 Å². The maximum atomic E-state index is 11.7. The molecule has 0 aliphatic carbocycles. The van der Waals surface area contributed by atoms with Crippen LogP contribution in [0.1, 0.15) is 10.4 Å². The Bertz CT molecular complexity index is 992. The van der Waals surface area contributed by atoms with E-state index in [-0.39, 0.29) is 11.3 Å². The molecule has 0 spiro atoms. The molecule has 0 atom stereocenters. The Kier molecular flexibility index (Phi) is 3.17. The van der Waals surface area contributed by atoms with E-state index in [0.29, 0.717) is 16.8 Å². The van der Waals surface area contributed by atoms with Gasteiger partial charge >= 0.3 is 5.97 Å². The number of hydrogen-bond donors (Lipinski definition) is 1. The highest BCUT2D eigenvalue weighted by Crippen LogP contribution is 2.33. The van der Waals surface area contributed by atoms with E-state index >= 15 is 0 Å². The van der Waals surface area contributed by atoms with Crippen molar-refractivity contribution < 1.29 is 14.4 Å². The summed E-state index contributed by atoms with van der Waals surface area (Å²) in [5.41, 5.74) is 2.22. The lowest BCUT2D eigenvalue weighted by atomic mass is 10.0. The molecule has 6 heteroatoms. The smallest absolute Gasteiger partial charge is 0.336 e. The normalized spacial score (nSPS) is 11.0. The van der Waals surface area contributed by atoms with Gasteiger partial charge in [-0.05, 0) is 17.5 Å². The number of carbonyl (C=O) groups is 1. The van der Waals surface area contributed by atoms with Crippen LogP contribution in [0.15, 0.2) is 58.4 Å². The van der Waals surface area contributed by atoms with Crippen LogP contribution >= 0.6 is 11.3 Å². The van der Waals surface area contributed by atoms with E-state index < -0.39 is 5.97 Å². The molecule has 0 aliphatic heterocycles. The SMILES string of the molecule is O=C(O)c1cc(-c2cccs2)nc2onc(-c3ccccc3)c12. The van der Waals surface area contributed by atoms with E-state index in [1.54, 1.807) is 6.07 Å². The quantitative estimate of drug-likeness (QED) is 0.608. The lowest BCUT2D eigenvalue weighted by Crippen LogP contribution is -1.99. The zero-order valence-corrected chi connectivity index (χ0v) is 12.6. The second-order valence-electron chi connectivity index (χ2n) is 4.91. The Morgan fingerprint density at radius 1 is 1.13 bits per heavy atom. The Morgan fingerprint density at radius 2 is 1.96 bits per heavy atom. The second kappa shape index (κ2) is 5.33. The largest absolute Gasteiger partial charge is 0.478 e. The Morgan fingerprint density at radius 3 is 2.65 bits per heavy atom. The van der Waals surface area contributed by atoms with Crippen LogP contribution in [0.25, 0.3) is 32.9 Å². The van der Waals surface area contributed by atoms with Gasteiger partial charge in [0, 0.05) is 5.56 Å². The number of hydrogen-bond acceptors (Lipinski definition) is 5. The first-order valence-electron chi connectivity index (χ1n) is 6.87. The maximum absolute atomic E-state index is 11.7. The van der Waals surface area contributed by atoms with Gasteiger partial charge < -0.3 is 9.63 Å². The molecule has 5 nitrogen and oxygen atoms in total. The number of nitrogens with zero attached hydrogens (tertiary/aromatic N) is 2. The molecule has 1 N–H and O–H groups in total. The number of aromatic nitrogens is 2. The lowest BCUT2D eigenvalue weighted by molar-refractivity contribution is 0.0699. The molecule has 4 aromatic rings. The van der Waals surface area contributed by atoms with Crippen molar-refractivity contribution >= 4 is 28.4 Å². The first-order valence-corrected chi connectivity index (χ1v) is 7.75. The van der Waals surface area contributed by atoms with Gasteiger partial charge in [0.15, 0.2) is 0 Å². The molecule has 3 heterocycles. The number of rotatable bonds is 3. The molecule has 0 bridgehead atoms. The summed E-state index contributed by atoms with van der Waals surface area (Å²) in [5, 5.41) is 16.0. The number of carboxylic acids is 1. The highest BCUT2D eigenvalue weighted by atomic mass is 32.1. The molecule has 0 saturated carbocycles. The van der Waals surface area contributed by atoms with Crippen LogP contribution in [0.5, 0.6) is 0 Å². The van der Waals surface area contributed by atoms with Crippen molar-refractivity contribution in [2.24, 2.45) is 0 Å². The van der Waals surface area contributed by atoms with E-state index in [0.717, 1.165) is 10.4 Å². The first-order chi connectivity index (χ1) is 11.2. The third-order valence-corrected chi connectivity index (χ3v) is 4.39. The molecule has 23 heavy (non-hydrogen) atoms. The van der Waals surface area contributed by atoms with Crippen LogP contribution in [-0.2, 0) is 0 Å². The van der Waals surface area contributed by atoms with E-state index in [1.165, 1.54) is 11.3 Å². The topological polar surface area (TPSA) is 76.2 Å². The molecule has 0 fully saturated rings. The molecule has 0 amide bonds. The Labute approximate surface area is 134 Å². The minimum atomic E-state index is -1.03. The highest BCUT2D eigenvalue weighted by molar-refractivity contribution is 7.13. The van der Waals surface area contributed by atoms with Crippen LogP contribution in [0, 0.1) is 0 Å². The van der Waals surface area contributed by atoms with Crippen molar-refractivity contribution in [3.05, 3.63) is 59.5 Å². The predicted molar refractivity (Wildman–Crippen MR) is 87.5 cm³/mol. The van der Waals surface area contributed by atoms with Crippen molar-refractivity contribution in [2.75, 3.05) is 0 Å². The lowest BCUT2D eigenvalue weighted by Gasteiger charge is -2.02. The van der Waals surface area contributed by atoms with Gasteiger partial charge in [0.25, 0.3) is 5.71 Å². The maximum Gasteiger partial charge on any atom is 0.336 e. The van der Waals surface area contributed by atoms with Gasteiger partial charge in [0.2, 0.25) is 0 Å². The third-order valence-electron chi connectivity index (χ3n) is 3.50. The van der Waals surface area contributed by atoms with Gasteiger partial charge in [-0.3, -0.25) is 0 Å². The zero-order valence-electron chi connectivity index (χ0n) is 11.8. The molecular weight excluding hydrogens is 312 g/mol. The Balaban J connectivity index is 2.01. The van der Waals surface area contributed by atoms with Crippen LogP contribution in [-0.4, -0.2) is 21.2 Å². The molecule has 0 radical (unpaired) electrons. The number of thiophene rings is 1. The fourth-order valence-electron chi connectivity index (χ4n) is 2.46. The standard InChI is InChI=1S/C17H10N2O3S/c20-17(21)11-9-12(13-7-4-8-23-13)18-16-14(11)15(19-22-16)10-5-2-1-3-6-10/h1-9H,(H,20,21). The summed E-state index contributed by atoms with van der Waals surface area (Å²) in [6.07, 6.45) is 0. The summed E-state index contributed by atoms with van der Waals surface area (Å²) in [6, 6.07) is 14.7. The average molecular weight is 322 g/mol. The number of benzene rings is 1. The molecule has 0 saturated heterocycles. The first kappa shape index (κ1) is 13.7. The van der Waals surface area contributed by atoms with Crippen molar-refractivity contribution in [2.45, 2.75) is 0 Å². The molecule has 1 aromatic carbocycles. The van der Waals surface area contributed by atoms with Gasteiger partial charge in [0.05, 0.1) is 21.5 Å². The minimum absolute atomic E-state index is 0.138. The number of carboxylic acid groups (broad SMARTS) is 1. The van der Waals surface area contributed by atoms with Crippen molar-refractivity contribution in [1.82, 2.24) is 10.1 Å². The summed E-state index contributed by atoms with van der Waals surface area (Å²) in [4.78, 5) is 17.0. The van der Waals surface area contributed by atoms with Crippen LogP contribution in [0.4, 0.5) is 0 Å². The van der Waals surface area contributed by atoms with E-state index in [2.05, 4.69) is 10.1 Å². The number of fused-ring (bicyclic) bond motifs is 1. The van der Waals surface area contributed by atoms with Crippen LogP contribution in [0.3, 0.4) is 0 Å². The zero-order chi connectivity index (χ0) is 15.8. The summed E-state index contributed by atoms with van der Waals surface area (Å²) in [6.45, 7) is 0. The predicted octanol–water partition coefficient (Wildman–Crippen LogP) is 4.32. The minimum Gasteiger partial charge on any atom is -0.478 e. The summed E-state index contributed by atoms with van der Waals surface area (Å²) in [5.74, 6) is -1.03. The summed E-state index contributed by atoms with van der Waals surface area (Å²) < 4.78 is 5.31. The van der Waals surface area contributed by atoms with Gasteiger partial charge in [-0.25, -0.2) is 9.78 Å². The van der Waals surface area contributed by atoms with Gasteiger partial charge in [-0.15, -0.1) is 11.3 Å². The molecule has 4 rings (SSSR count). The van der Waals surface area contributed by atoms with Crippen LogP contribution < -0.4 is 0 Å². The number of aromatic carboxylic acids is 1. The van der Waals surface area contributed by atoms with Crippen molar-refractivity contribution in [3.8, 4) is 21.8 Å². The summed E-state index contributed by atoms with van der Waals surface area (Å²) >= 11 is 1.49. The molecule has 112 valence electrons.